The van der Waals surface area contributed by atoms with Gasteiger partial charge in [-0.15, -0.1) is 0 Å². The minimum Gasteiger partial charge on any atom is -0.478 e. The van der Waals surface area contributed by atoms with E-state index in [2.05, 4.69) is 10.9 Å². The number of rotatable bonds is 8. The number of carbonyl (C=O) groups is 2. The third kappa shape index (κ3) is 4.49. The van der Waals surface area contributed by atoms with Crippen LogP contribution >= 0.6 is 0 Å². The summed E-state index contributed by atoms with van der Waals surface area (Å²) >= 11 is 0. The molecule has 2 aromatic carbocycles. The first-order valence-electron chi connectivity index (χ1n) is 10.2. The van der Waals surface area contributed by atoms with Gasteiger partial charge in [-0.25, -0.2) is 10.2 Å². The van der Waals surface area contributed by atoms with Crippen molar-refractivity contribution in [2.75, 3.05) is 6.54 Å². The second-order valence-electron chi connectivity index (χ2n) is 7.86. The fraction of sp³-hybridized carbons (Fsp3) is 0.391. The van der Waals surface area contributed by atoms with Crippen LogP contribution in [0.4, 0.5) is 0 Å². The zero-order chi connectivity index (χ0) is 20.2. The highest BCUT2D eigenvalue weighted by Crippen LogP contribution is 2.45. The Morgan fingerprint density at radius 2 is 1.62 bits per heavy atom. The fourth-order valence-corrected chi connectivity index (χ4v) is 4.61. The standard InChI is InChI=1S/C23H26N2O4/c26-22(16-4-2-1-3-5-16)25-24-14-19-18(20-12-13-21(19)29-20)11-8-15-6-9-17(10-7-15)23(27)28/h1-7,9-10,18-21,24H,8,11-14H2,(H,25,26)(H,27,28)/t18-,19-,20-,21+/m1/s1. The van der Waals surface area contributed by atoms with Crippen molar-refractivity contribution in [2.45, 2.75) is 37.9 Å². The lowest BCUT2D eigenvalue weighted by Gasteiger charge is -2.28. The van der Waals surface area contributed by atoms with Crippen LogP contribution in [0.25, 0.3) is 0 Å². The predicted molar refractivity (Wildman–Crippen MR) is 109 cm³/mol. The van der Waals surface area contributed by atoms with E-state index < -0.39 is 5.97 Å². The van der Waals surface area contributed by atoms with Crippen LogP contribution in [0.5, 0.6) is 0 Å². The smallest absolute Gasteiger partial charge is 0.335 e. The topological polar surface area (TPSA) is 87.7 Å². The predicted octanol–water partition coefficient (Wildman–Crippen LogP) is 3.05. The molecule has 2 aromatic rings. The Morgan fingerprint density at radius 3 is 2.31 bits per heavy atom. The molecule has 152 valence electrons. The van der Waals surface area contributed by atoms with E-state index in [0.29, 0.717) is 29.5 Å². The van der Waals surface area contributed by atoms with E-state index in [-0.39, 0.29) is 18.1 Å². The summed E-state index contributed by atoms with van der Waals surface area (Å²) < 4.78 is 6.15. The molecule has 2 saturated heterocycles. The summed E-state index contributed by atoms with van der Waals surface area (Å²) in [4.78, 5) is 23.2. The van der Waals surface area contributed by atoms with Crippen molar-refractivity contribution in [1.82, 2.24) is 10.9 Å². The van der Waals surface area contributed by atoms with Crippen molar-refractivity contribution in [2.24, 2.45) is 11.8 Å². The first-order chi connectivity index (χ1) is 14.1. The number of hydrogen-bond donors (Lipinski definition) is 3. The van der Waals surface area contributed by atoms with Crippen LogP contribution in [-0.4, -0.2) is 35.7 Å². The zero-order valence-electron chi connectivity index (χ0n) is 16.2. The van der Waals surface area contributed by atoms with Crippen LogP contribution in [0.3, 0.4) is 0 Å². The molecule has 6 nitrogen and oxygen atoms in total. The minimum atomic E-state index is -0.901. The molecule has 0 radical (unpaired) electrons. The number of carbonyl (C=O) groups excluding carboxylic acids is 1. The van der Waals surface area contributed by atoms with Crippen molar-refractivity contribution < 1.29 is 19.4 Å². The van der Waals surface area contributed by atoms with Gasteiger partial charge in [0.2, 0.25) is 0 Å². The molecule has 2 heterocycles. The molecule has 3 N–H and O–H groups in total. The highest BCUT2D eigenvalue weighted by Gasteiger charge is 2.48. The number of nitrogens with one attached hydrogen (secondary N) is 2. The molecule has 0 aliphatic carbocycles. The number of fused-ring (bicyclic) bond motifs is 2. The average molecular weight is 394 g/mol. The van der Waals surface area contributed by atoms with E-state index in [1.807, 2.05) is 30.3 Å². The van der Waals surface area contributed by atoms with Gasteiger partial charge in [0, 0.05) is 18.0 Å². The quantitative estimate of drug-likeness (QED) is 0.599. The Morgan fingerprint density at radius 1 is 0.931 bits per heavy atom. The van der Waals surface area contributed by atoms with Gasteiger partial charge in [-0.05, 0) is 61.4 Å². The number of carboxylic acid groups (broad SMARTS) is 1. The van der Waals surface area contributed by atoms with Crippen LogP contribution in [0.15, 0.2) is 54.6 Å². The molecule has 6 heteroatoms. The molecule has 0 aromatic heterocycles. The van der Waals surface area contributed by atoms with E-state index in [4.69, 9.17) is 9.84 Å². The lowest BCUT2D eigenvalue weighted by Crippen LogP contribution is -2.44. The van der Waals surface area contributed by atoms with Gasteiger partial charge in [-0.1, -0.05) is 30.3 Å². The third-order valence-corrected chi connectivity index (χ3v) is 6.13. The number of benzene rings is 2. The monoisotopic (exact) mass is 394 g/mol. The first-order valence-corrected chi connectivity index (χ1v) is 10.2. The van der Waals surface area contributed by atoms with E-state index >= 15 is 0 Å². The molecule has 4 rings (SSSR count). The molecule has 4 atom stereocenters. The summed E-state index contributed by atoms with van der Waals surface area (Å²) in [5.74, 6) is -0.233. The van der Waals surface area contributed by atoms with Gasteiger partial charge in [0.25, 0.3) is 5.91 Å². The van der Waals surface area contributed by atoms with Crippen LogP contribution in [0.1, 0.15) is 45.5 Å². The molecule has 0 saturated carbocycles. The highest BCUT2D eigenvalue weighted by atomic mass is 16.5. The SMILES string of the molecule is O=C(O)c1ccc(CC[C@@H]2[C@@H](CNNC(=O)c3ccccc3)[C@@H]3CC[C@H]2O3)cc1. The van der Waals surface area contributed by atoms with E-state index in [1.54, 1.807) is 24.3 Å². The summed E-state index contributed by atoms with van der Waals surface area (Å²) in [6, 6.07) is 16.3. The first kappa shape index (κ1) is 19.6. The number of carboxylic acids is 1. The second-order valence-corrected chi connectivity index (χ2v) is 7.86. The van der Waals surface area contributed by atoms with Crippen LogP contribution in [0, 0.1) is 11.8 Å². The van der Waals surface area contributed by atoms with E-state index in [9.17, 15) is 9.59 Å². The molecule has 2 aliphatic rings. The molecule has 2 aliphatic heterocycles. The molecule has 1 amide bonds. The Balaban J connectivity index is 1.30. The maximum absolute atomic E-state index is 12.2. The van der Waals surface area contributed by atoms with Crippen molar-refractivity contribution in [3.05, 3.63) is 71.3 Å². The number of hydrazine groups is 1. The summed E-state index contributed by atoms with van der Waals surface area (Å²) in [6.45, 7) is 0.683. The van der Waals surface area contributed by atoms with Gasteiger partial charge in [0.15, 0.2) is 0 Å². The largest absolute Gasteiger partial charge is 0.478 e. The molecule has 0 spiro atoms. The molecule has 29 heavy (non-hydrogen) atoms. The Hall–Kier alpha value is -2.70. The number of hydrogen-bond acceptors (Lipinski definition) is 4. The number of amides is 1. The van der Waals surface area contributed by atoms with Gasteiger partial charge in [0.1, 0.15) is 0 Å². The van der Waals surface area contributed by atoms with Crippen molar-refractivity contribution in [1.29, 1.82) is 0 Å². The maximum atomic E-state index is 12.2. The van der Waals surface area contributed by atoms with Gasteiger partial charge < -0.3 is 9.84 Å². The van der Waals surface area contributed by atoms with Crippen molar-refractivity contribution in [3.8, 4) is 0 Å². The van der Waals surface area contributed by atoms with E-state index in [1.165, 1.54) is 0 Å². The summed E-state index contributed by atoms with van der Waals surface area (Å²) in [5.41, 5.74) is 7.99. The van der Waals surface area contributed by atoms with Crippen LogP contribution in [-0.2, 0) is 11.2 Å². The molecular formula is C23H26N2O4. The second kappa shape index (κ2) is 8.76. The Kier molecular flexibility index (Phi) is 5.92. The Bertz CT molecular complexity index is 853. The average Bonchev–Trinajstić information content (AvgIpc) is 3.35. The van der Waals surface area contributed by atoms with Crippen molar-refractivity contribution >= 4 is 11.9 Å². The van der Waals surface area contributed by atoms with Gasteiger partial charge in [-0.3, -0.25) is 10.2 Å². The zero-order valence-corrected chi connectivity index (χ0v) is 16.2. The number of aryl methyl sites for hydroxylation is 1. The van der Waals surface area contributed by atoms with Crippen LogP contribution < -0.4 is 10.9 Å². The minimum absolute atomic E-state index is 0.134. The fourth-order valence-electron chi connectivity index (χ4n) is 4.61. The summed E-state index contributed by atoms with van der Waals surface area (Å²) in [7, 11) is 0. The number of ether oxygens (including phenoxy) is 1. The molecular weight excluding hydrogens is 368 g/mol. The van der Waals surface area contributed by atoms with Crippen molar-refractivity contribution in [3.63, 3.8) is 0 Å². The molecule has 2 fully saturated rings. The van der Waals surface area contributed by atoms with Crippen LogP contribution in [0.2, 0.25) is 0 Å². The number of aromatic carboxylic acids is 1. The maximum Gasteiger partial charge on any atom is 0.335 e. The lowest BCUT2D eigenvalue weighted by atomic mass is 9.76. The third-order valence-electron chi connectivity index (χ3n) is 6.13. The molecule has 2 bridgehead atoms. The van der Waals surface area contributed by atoms with Gasteiger partial charge in [0.05, 0.1) is 17.8 Å². The summed E-state index contributed by atoms with van der Waals surface area (Å²) in [5, 5.41) is 9.03. The van der Waals surface area contributed by atoms with Gasteiger partial charge >= 0.3 is 5.97 Å². The van der Waals surface area contributed by atoms with Gasteiger partial charge in [-0.2, -0.15) is 0 Å². The highest BCUT2D eigenvalue weighted by molar-refractivity contribution is 5.93. The molecule has 0 unspecified atom stereocenters. The summed E-state index contributed by atoms with van der Waals surface area (Å²) in [6.07, 6.45) is 4.60. The normalized spacial score (nSPS) is 25.1. The Labute approximate surface area is 170 Å². The lowest BCUT2D eigenvalue weighted by molar-refractivity contribution is 0.0696. The van der Waals surface area contributed by atoms with E-state index in [0.717, 1.165) is 31.2 Å².